The molecule has 1 aliphatic rings. The third-order valence-electron chi connectivity index (χ3n) is 3.63. The zero-order chi connectivity index (χ0) is 13.9. The average molecular weight is 269 g/mol. The van der Waals surface area contributed by atoms with Gasteiger partial charge in [0.05, 0.1) is 0 Å². The maximum absolute atomic E-state index is 6.11. The summed E-state index contributed by atoms with van der Waals surface area (Å²) in [6.45, 7) is 3.33. The Balaban J connectivity index is 1.96. The molecule has 0 aromatic heterocycles. The van der Waals surface area contributed by atoms with E-state index in [0.29, 0.717) is 13.2 Å². The summed E-state index contributed by atoms with van der Waals surface area (Å²) in [4.78, 5) is 0. The molecule has 1 unspecified atom stereocenters. The van der Waals surface area contributed by atoms with Crippen molar-refractivity contribution in [1.82, 2.24) is 0 Å². The molecule has 3 heteroatoms. The van der Waals surface area contributed by atoms with Crippen molar-refractivity contribution in [2.45, 2.75) is 19.4 Å². The molecule has 1 aliphatic heterocycles. The molecule has 3 rings (SSSR count). The van der Waals surface area contributed by atoms with E-state index in [-0.39, 0.29) is 6.04 Å². The summed E-state index contributed by atoms with van der Waals surface area (Å²) in [6.07, 6.45) is 0.935. The van der Waals surface area contributed by atoms with Gasteiger partial charge < -0.3 is 15.2 Å². The van der Waals surface area contributed by atoms with Crippen LogP contribution in [-0.4, -0.2) is 13.2 Å². The van der Waals surface area contributed by atoms with Crippen LogP contribution in [0.1, 0.15) is 24.9 Å². The van der Waals surface area contributed by atoms with E-state index in [2.05, 4.69) is 37.3 Å². The number of hydrogen-bond acceptors (Lipinski definition) is 3. The second-order valence-electron chi connectivity index (χ2n) is 5.00. The summed E-state index contributed by atoms with van der Waals surface area (Å²) in [7, 11) is 0. The van der Waals surface area contributed by atoms with Crippen LogP contribution in [0.15, 0.2) is 42.5 Å². The molecule has 20 heavy (non-hydrogen) atoms. The average Bonchev–Trinajstić information content (AvgIpc) is 2.53. The Labute approximate surface area is 119 Å². The van der Waals surface area contributed by atoms with Crippen molar-refractivity contribution in [3.8, 4) is 22.6 Å². The number of ether oxygens (including phenoxy) is 2. The minimum Gasteiger partial charge on any atom is -0.486 e. The molecule has 2 aromatic carbocycles. The first-order chi connectivity index (χ1) is 9.78. The lowest BCUT2D eigenvalue weighted by Crippen LogP contribution is -2.15. The molecule has 0 saturated carbocycles. The quantitative estimate of drug-likeness (QED) is 0.927. The maximum atomic E-state index is 6.11. The monoisotopic (exact) mass is 269 g/mol. The first-order valence-corrected chi connectivity index (χ1v) is 7.03. The van der Waals surface area contributed by atoms with E-state index >= 15 is 0 Å². The van der Waals surface area contributed by atoms with Crippen molar-refractivity contribution < 1.29 is 9.47 Å². The second-order valence-corrected chi connectivity index (χ2v) is 5.00. The predicted octanol–water partition coefficient (Wildman–Crippen LogP) is 3.53. The summed E-state index contributed by atoms with van der Waals surface area (Å²) >= 11 is 0. The number of nitrogens with two attached hydrogens (primary N) is 1. The molecule has 0 spiro atoms. The fourth-order valence-electron chi connectivity index (χ4n) is 2.41. The van der Waals surface area contributed by atoms with Gasteiger partial charge in [-0.1, -0.05) is 31.2 Å². The van der Waals surface area contributed by atoms with Gasteiger partial charge in [0.25, 0.3) is 0 Å². The molecule has 0 saturated heterocycles. The maximum Gasteiger partial charge on any atom is 0.161 e. The normalized spacial score (nSPS) is 14.9. The Bertz CT molecular complexity index is 610. The van der Waals surface area contributed by atoms with Crippen LogP contribution in [0, 0.1) is 0 Å². The smallest absolute Gasteiger partial charge is 0.161 e. The molecule has 0 radical (unpaired) electrons. The van der Waals surface area contributed by atoms with E-state index in [1.54, 1.807) is 0 Å². The fraction of sp³-hybridized carbons (Fsp3) is 0.294. The van der Waals surface area contributed by atoms with E-state index in [0.717, 1.165) is 29.0 Å². The van der Waals surface area contributed by atoms with Crippen molar-refractivity contribution in [1.29, 1.82) is 0 Å². The highest BCUT2D eigenvalue weighted by Crippen LogP contribution is 2.35. The zero-order valence-electron chi connectivity index (χ0n) is 11.6. The van der Waals surface area contributed by atoms with Gasteiger partial charge in [0.2, 0.25) is 0 Å². The van der Waals surface area contributed by atoms with Crippen molar-refractivity contribution in [2.75, 3.05) is 13.2 Å². The minimum atomic E-state index is 0.0900. The van der Waals surface area contributed by atoms with Gasteiger partial charge in [0.1, 0.15) is 13.2 Å². The Morgan fingerprint density at radius 2 is 1.75 bits per heavy atom. The van der Waals surface area contributed by atoms with Crippen LogP contribution in [0.4, 0.5) is 0 Å². The van der Waals surface area contributed by atoms with Crippen molar-refractivity contribution >= 4 is 0 Å². The summed E-state index contributed by atoms with van der Waals surface area (Å²) < 4.78 is 11.2. The lowest BCUT2D eigenvalue weighted by Gasteiger charge is -2.19. The topological polar surface area (TPSA) is 44.5 Å². The number of rotatable bonds is 3. The lowest BCUT2D eigenvalue weighted by atomic mass is 9.98. The van der Waals surface area contributed by atoms with E-state index in [9.17, 15) is 0 Å². The Morgan fingerprint density at radius 1 is 1.00 bits per heavy atom. The van der Waals surface area contributed by atoms with E-state index in [4.69, 9.17) is 15.2 Å². The van der Waals surface area contributed by atoms with Crippen molar-refractivity contribution in [3.05, 3.63) is 48.0 Å². The van der Waals surface area contributed by atoms with Gasteiger partial charge in [-0.2, -0.15) is 0 Å². The zero-order valence-corrected chi connectivity index (χ0v) is 11.6. The van der Waals surface area contributed by atoms with Crippen LogP contribution in [0.25, 0.3) is 11.1 Å². The van der Waals surface area contributed by atoms with E-state index in [1.807, 2.05) is 12.1 Å². The molecule has 3 nitrogen and oxygen atoms in total. The molecular weight excluding hydrogens is 250 g/mol. The molecule has 0 aliphatic carbocycles. The molecule has 1 atom stereocenters. The molecule has 2 aromatic rings. The number of benzene rings is 2. The first-order valence-electron chi connectivity index (χ1n) is 7.03. The molecule has 0 fully saturated rings. The number of hydrogen-bond donors (Lipinski definition) is 1. The molecule has 0 amide bonds. The van der Waals surface area contributed by atoms with Crippen LogP contribution in [0.3, 0.4) is 0 Å². The standard InChI is InChI=1S/C17H19NO2/c1-2-15(18)14-5-3-4-12(10-14)13-6-7-16-17(11-13)20-9-8-19-16/h3-7,10-11,15H,2,8-9,18H2,1H3. The fourth-order valence-corrected chi connectivity index (χ4v) is 2.41. The lowest BCUT2D eigenvalue weighted by molar-refractivity contribution is 0.171. The third kappa shape index (κ3) is 2.49. The SMILES string of the molecule is CCC(N)c1cccc(-c2ccc3c(c2)OCCO3)c1. The molecule has 104 valence electrons. The van der Waals surface area contributed by atoms with Crippen LogP contribution in [0.2, 0.25) is 0 Å². The first kappa shape index (κ1) is 13.0. The van der Waals surface area contributed by atoms with Gasteiger partial charge in [0, 0.05) is 6.04 Å². The predicted molar refractivity (Wildman–Crippen MR) is 80.1 cm³/mol. The van der Waals surface area contributed by atoms with E-state index in [1.165, 1.54) is 5.56 Å². The van der Waals surface area contributed by atoms with Gasteiger partial charge in [-0.3, -0.25) is 0 Å². The van der Waals surface area contributed by atoms with Crippen LogP contribution < -0.4 is 15.2 Å². The van der Waals surface area contributed by atoms with E-state index < -0.39 is 0 Å². The highest BCUT2D eigenvalue weighted by molar-refractivity contribution is 5.68. The highest BCUT2D eigenvalue weighted by atomic mass is 16.6. The minimum absolute atomic E-state index is 0.0900. The van der Waals surface area contributed by atoms with Crippen LogP contribution >= 0.6 is 0 Å². The summed E-state index contributed by atoms with van der Waals surface area (Å²) in [5.74, 6) is 1.64. The summed E-state index contributed by atoms with van der Waals surface area (Å²) in [5.41, 5.74) is 9.55. The van der Waals surface area contributed by atoms with Gasteiger partial charge in [0.15, 0.2) is 11.5 Å². The summed E-state index contributed by atoms with van der Waals surface area (Å²) in [6, 6.07) is 14.5. The highest BCUT2D eigenvalue weighted by Gasteiger charge is 2.13. The van der Waals surface area contributed by atoms with Gasteiger partial charge >= 0.3 is 0 Å². The van der Waals surface area contributed by atoms with Gasteiger partial charge in [-0.05, 0) is 41.3 Å². The molecule has 0 bridgehead atoms. The van der Waals surface area contributed by atoms with Gasteiger partial charge in [-0.15, -0.1) is 0 Å². The van der Waals surface area contributed by atoms with Crippen LogP contribution in [0.5, 0.6) is 11.5 Å². The van der Waals surface area contributed by atoms with Crippen molar-refractivity contribution in [2.24, 2.45) is 5.73 Å². The largest absolute Gasteiger partial charge is 0.486 e. The molecule has 1 heterocycles. The number of fused-ring (bicyclic) bond motifs is 1. The Morgan fingerprint density at radius 3 is 2.55 bits per heavy atom. The second kappa shape index (κ2) is 5.55. The molecular formula is C17H19NO2. The Kier molecular flexibility index (Phi) is 3.61. The van der Waals surface area contributed by atoms with Crippen LogP contribution in [-0.2, 0) is 0 Å². The summed E-state index contributed by atoms with van der Waals surface area (Å²) in [5, 5.41) is 0. The van der Waals surface area contributed by atoms with Crippen molar-refractivity contribution in [3.63, 3.8) is 0 Å². The third-order valence-corrected chi connectivity index (χ3v) is 3.63. The Hall–Kier alpha value is -2.00. The molecule has 2 N–H and O–H groups in total. The van der Waals surface area contributed by atoms with Gasteiger partial charge in [-0.25, -0.2) is 0 Å².